The third-order valence-electron chi connectivity index (χ3n) is 3.58. The van der Waals surface area contributed by atoms with Gasteiger partial charge in [-0.05, 0) is 32.3 Å². The van der Waals surface area contributed by atoms with Gasteiger partial charge in [0, 0.05) is 12.0 Å². The Kier molecular flexibility index (Phi) is 3.73. The molecule has 0 radical (unpaired) electrons. The van der Waals surface area contributed by atoms with Gasteiger partial charge in [0.25, 0.3) is 0 Å². The van der Waals surface area contributed by atoms with E-state index in [9.17, 15) is 4.79 Å². The molecule has 1 amide bonds. The molecule has 1 fully saturated rings. The first-order valence-electron chi connectivity index (χ1n) is 7.42. The summed E-state index contributed by atoms with van der Waals surface area (Å²) in [7, 11) is 0. The molecule has 0 spiro atoms. The molecule has 3 rings (SSSR count). The predicted molar refractivity (Wildman–Crippen MR) is 79.9 cm³/mol. The predicted octanol–water partition coefficient (Wildman–Crippen LogP) is 2.27. The SMILES string of the molecule is CC(C)NC(=O)C(c1ccccc1)n1cc(C2CC2)nn1. The maximum atomic E-state index is 12.5. The second kappa shape index (κ2) is 5.68. The van der Waals surface area contributed by atoms with Crippen LogP contribution < -0.4 is 5.32 Å². The molecule has 1 aromatic heterocycles. The molecule has 1 aromatic carbocycles. The smallest absolute Gasteiger partial charge is 0.249 e. The van der Waals surface area contributed by atoms with Crippen molar-refractivity contribution in [2.75, 3.05) is 0 Å². The van der Waals surface area contributed by atoms with Gasteiger partial charge in [0.1, 0.15) is 0 Å². The number of benzene rings is 1. The second-order valence-corrected chi connectivity index (χ2v) is 5.87. The fraction of sp³-hybridized carbons (Fsp3) is 0.438. The monoisotopic (exact) mass is 284 g/mol. The highest BCUT2D eigenvalue weighted by atomic mass is 16.2. The summed E-state index contributed by atoms with van der Waals surface area (Å²) in [5.74, 6) is 0.479. The second-order valence-electron chi connectivity index (χ2n) is 5.87. The fourth-order valence-corrected chi connectivity index (χ4v) is 2.41. The van der Waals surface area contributed by atoms with Gasteiger partial charge in [0.05, 0.1) is 11.9 Å². The summed E-state index contributed by atoms with van der Waals surface area (Å²) in [5.41, 5.74) is 1.91. The van der Waals surface area contributed by atoms with E-state index in [0.717, 1.165) is 11.3 Å². The van der Waals surface area contributed by atoms with Gasteiger partial charge in [-0.25, -0.2) is 4.68 Å². The first-order chi connectivity index (χ1) is 10.1. The van der Waals surface area contributed by atoms with Crippen LogP contribution in [0, 0.1) is 0 Å². The molecular formula is C16H20N4O. The Hall–Kier alpha value is -2.17. The normalized spacial score (nSPS) is 16.0. The first-order valence-corrected chi connectivity index (χ1v) is 7.42. The lowest BCUT2D eigenvalue weighted by Crippen LogP contribution is -2.37. The lowest BCUT2D eigenvalue weighted by molar-refractivity contribution is -0.124. The lowest BCUT2D eigenvalue weighted by atomic mass is 10.1. The minimum absolute atomic E-state index is 0.0524. The Morgan fingerprint density at radius 3 is 2.62 bits per heavy atom. The van der Waals surface area contributed by atoms with Crippen LogP contribution in [0.15, 0.2) is 36.5 Å². The van der Waals surface area contributed by atoms with Gasteiger partial charge < -0.3 is 5.32 Å². The van der Waals surface area contributed by atoms with Crippen LogP contribution in [-0.4, -0.2) is 26.9 Å². The van der Waals surface area contributed by atoms with Gasteiger partial charge in [0.2, 0.25) is 5.91 Å². The molecule has 1 N–H and O–H groups in total. The standard InChI is InChI=1S/C16H20N4O/c1-11(2)17-16(21)15(13-6-4-3-5-7-13)20-10-14(18-19-20)12-8-9-12/h3-7,10-12,15H,8-9H2,1-2H3,(H,17,21). The number of carbonyl (C=O) groups is 1. The van der Waals surface area contributed by atoms with Crippen LogP contribution >= 0.6 is 0 Å². The van der Waals surface area contributed by atoms with Gasteiger partial charge in [0.15, 0.2) is 6.04 Å². The molecule has 2 aromatic rings. The third-order valence-corrected chi connectivity index (χ3v) is 3.58. The molecule has 1 unspecified atom stereocenters. The molecular weight excluding hydrogens is 264 g/mol. The first kappa shape index (κ1) is 13.8. The molecule has 1 aliphatic rings. The number of nitrogens with one attached hydrogen (secondary N) is 1. The van der Waals surface area contributed by atoms with Crippen LogP contribution in [0.1, 0.15) is 49.9 Å². The summed E-state index contributed by atoms with van der Waals surface area (Å²) in [6.07, 6.45) is 4.26. The molecule has 0 bridgehead atoms. The Morgan fingerprint density at radius 1 is 1.29 bits per heavy atom. The van der Waals surface area contributed by atoms with Crippen LogP contribution in [0.25, 0.3) is 0 Å². The largest absolute Gasteiger partial charge is 0.352 e. The summed E-state index contributed by atoms with van der Waals surface area (Å²) < 4.78 is 1.68. The minimum Gasteiger partial charge on any atom is -0.352 e. The molecule has 1 heterocycles. The van der Waals surface area contributed by atoms with Gasteiger partial charge in [-0.1, -0.05) is 35.5 Å². The molecule has 5 heteroatoms. The van der Waals surface area contributed by atoms with E-state index in [1.54, 1.807) is 4.68 Å². The van der Waals surface area contributed by atoms with Crippen molar-refractivity contribution in [2.24, 2.45) is 0 Å². The Balaban J connectivity index is 1.92. The molecule has 5 nitrogen and oxygen atoms in total. The van der Waals surface area contributed by atoms with Crippen molar-refractivity contribution in [1.29, 1.82) is 0 Å². The zero-order valence-electron chi connectivity index (χ0n) is 12.4. The van der Waals surface area contributed by atoms with Crippen molar-refractivity contribution in [1.82, 2.24) is 20.3 Å². The molecule has 1 atom stereocenters. The van der Waals surface area contributed by atoms with E-state index in [0.29, 0.717) is 5.92 Å². The molecule has 1 saturated carbocycles. The van der Waals surface area contributed by atoms with E-state index in [1.807, 2.05) is 50.4 Å². The minimum atomic E-state index is -0.464. The van der Waals surface area contributed by atoms with Crippen molar-refractivity contribution < 1.29 is 4.79 Å². The zero-order valence-corrected chi connectivity index (χ0v) is 12.4. The molecule has 110 valence electrons. The van der Waals surface area contributed by atoms with Gasteiger partial charge in [-0.15, -0.1) is 5.10 Å². The average molecular weight is 284 g/mol. The van der Waals surface area contributed by atoms with Crippen molar-refractivity contribution in [3.8, 4) is 0 Å². The van der Waals surface area contributed by atoms with Crippen molar-refractivity contribution in [3.63, 3.8) is 0 Å². The summed E-state index contributed by atoms with van der Waals surface area (Å²) in [5, 5.41) is 11.4. The number of amides is 1. The van der Waals surface area contributed by atoms with E-state index in [-0.39, 0.29) is 11.9 Å². The fourth-order valence-electron chi connectivity index (χ4n) is 2.41. The van der Waals surface area contributed by atoms with E-state index in [4.69, 9.17) is 0 Å². The summed E-state index contributed by atoms with van der Waals surface area (Å²) in [4.78, 5) is 12.5. The summed E-state index contributed by atoms with van der Waals surface area (Å²) in [6.45, 7) is 3.91. The van der Waals surface area contributed by atoms with Crippen molar-refractivity contribution in [2.45, 2.75) is 44.7 Å². The number of carbonyl (C=O) groups excluding carboxylic acids is 1. The van der Waals surface area contributed by atoms with Crippen LogP contribution in [0.2, 0.25) is 0 Å². The summed E-state index contributed by atoms with van der Waals surface area (Å²) >= 11 is 0. The quantitative estimate of drug-likeness (QED) is 0.916. The highest BCUT2D eigenvalue weighted by molar-refractivity contribution is 5.83. The Bertz CT molecular complexity index is 616. The summed E-state index contributed by atoms with van der Waals surface area (Å²) in [6, 6.07) is 9.33. The van der Waals surface area contributed by atoms with Gasteiger partial charge >= 0.3 is 0 Å². The number of rotatable bonds is 5. The van der Waals surface area contributed by atoms with Crippen LogP contribution in [0.5, 0.6) is 0 Å². The average Bonchev–Trinajstić information content (AvgIpc) is 3.19. The van der Waals surface area contributed by atoms with Crippen LogP contribution in [0.3, 0.4) is 0 Å². The lowest BCUT2D eigenvalue weighted by Gasteiger charge is -2.18. The molecule has 0 aliphatic heterocycles. The maximum Gasteiger partial charge on any atom is 0.249 e. The highest BCUT2D eigenvalue weighted by Gasteiger charge is 2.29. The number of hydrogen-bond acceptors (Lipinski definition) is 3. The van der Waals surface area contributed by atoms with Gasteiger partial charge in [-0.2, -0.15) is 0 Å². The van der Waals surface area contributed by atoms with E-state index in [2.05, 4.69) is 15.6 Å². The van der Waals surface area contributed by atoms with Crippen molar-refractivity contribution in [3.05, 3.63) is 47.8 Å². The Morgan fingerprint density at radius 2 is 2.00 bits per heavy atom. The molecule has 21 heavy (non-hydrogen) atoms. The van der Waals surface area contributed by atoms with Crippen LogP contribution in [0.4, 0.5) is 0 Å². The van der Waals surface area contributed by atoms with E-state index >= 15 is 0 Å². The number of aromatic nitrogens is 3. The zero-order chi connectivity index (χ0) is 14.8. The van der Waals surface area contributed by atoms with Crippen molar-refractivity contribution >= 4 is 5.91 Å². The van der Waals surface area contributed by atoms with E-state index in [1.165, 1.54) is 12.8 Å². The molecule has 1 aliphatic carbocycles. The highest BCUT2D eigenvalue weighted by Crippen LogP contribution is 2.38. The number of hydrogen-bond donors (Lipinski definition) is 1. The van der Waals surface area contributed by atoms with Crippen LogP contribution in [-0.2, 0) is 4.79 Å². The topological polar surface area (TPSA) is 59.8 Å². The van der Waals surface area contributed by atoms with Gasteiger partial charge in [-0.3, -0.25) is 4.79 Å². The molecule has 0 saturated heterocycles. The Labute approximate surface area is 124 Å². The van der Waals surface area contributed by atoms with E-state index < -0.39 is 6.04 Å². The third kappa shape index (κ3) is 3.12. The maximum absolute atomic E-state index is 12.5. The number of nitrogens with zero attached hydrogens (tertiary/aromatic N) is 3.